The molecule has 4 N–H and O–H groups in total. The van der Waals surface area contributed by atoms with E-state index < -0.39 is 0 Å². The van der Waals surface area contributed by atoms with Gasteiger partial charge in [-0.2, -0.15) is 4.98 Å². The van der Waals surface area contributed by atoms with Crippen molar-refractivity contribution >= 4 is 11.8 Å². The molecular weight excluding hydrogens is 274 g/mol. The normalized spacial score (nSPS) is 15.8. The fraction of sp³-hybridized carbons (Fsp3) is 0.412. The van der Waals surface area contributed by atoms with Crippen molar-refractivity contribution in [1.29, 1.82) is 0 Å². The van der Waals surface area contributed by atoms with Crippen LogP contribution in [0.25, 0.3) is 11.1 Å². The summed E-state index contributed by atoms with van der Waals surface area (Å²) in [6.07, 6.45) is 6.84. The summed E-state index contributed by atoms with van der Waals surface area (Å²) in [5.41, 5.74) is 14.7. The molecule has 1 fully saturated rings. The molecule has 2 aromatic rings. The van der Waals surface area contributed by atoms with E-state index in [0.717, 1.165) is 24.1 Å². The number of aromatic nitrogens is 2. The second-order valence-corrected chi connectivity index (χ2v) is 5.88. The third kappa shape index (κ3) is 3.54. The number of anilines is 2. The molecule has 0 atom stereocenters. The lowest BCUT2D eigenvalue weighted by Gasteiger charge is -2.26. The first-order chi connectivity index (χ1) is 10.7. The maximum Gasteiger partial charge on any atom is 0.221 e. The van der Waals surface area contributed by atoms with Crippen molar-refractivity contribution in [2.75, 3.05) is 31.1 Å². The Morgan fingerprint density at radius 1 is 1.00 bits per heavy atom. The molecule has 1 aliphatic heterocycles. The van der Waals surface area contributed by atoms with Crippen LogP contribution in [0.5, 0.6) is 0 Å². The third-order valence-corrected chi connectivity index (χ3v) is 4.27. The van der Waals surface area contributed by atoms with E-state index in [1.807, 2.05) is 0 Å². The minimum absolute atomic E-state index is 0.208. The third-order valence-electron chi connectivity index (χ3n) is 4.27. The van der Waals surface area contributed by atoms with Crippen molar-refractivity contribution in [2.24, 2.45) is 0 Å². The van der Waals surface area contributed by atoms with Crippen molar-refractivity contribution in [3.05, 3.63) is 36.0 Å². The fourth-order valence-corrected chi connectivity index (χ4v) is 2.95. The van der Waals surface area contributed by atoms with Gasteiger partial charge in [0.15, 0.2) is 0 Å². The summed E-state index contributed by atoms with van der Waals surface area (Å²) in [5.74, 6) is 0.632. The molecule has 3 rings (SSSR count). The number of benzene rings is 1. The van der Waals surface area contributed by atoms with Gasteiger partial charge in [-0.15, -0.1) is 0 Å². The molecule has 1 aromatic heterocycles. The summed E-state index contributed by atoms with van der Waals surface area (Å²) in [6, 6.07) is 8.48. The smallest absolute Gasteiger partial charge is 0.221 e. The second-order valence-electron chi connectivity index (χ2n) is 5.88. The number of rotatable bonds is 4. The standard InChI is InChI=1S/C17H23N5/c18-16-15(12-20-17(19)21-16)14-6-4-13(5-7-14)8-11-22-9-2-1-3-10-22/h4-7,12H,1-3,8-11H2,(H4,18,19,20,21). The Bertz CT molecular complexity index is 617. The topological polar surface area (TPSA) is 81.1 Å². The zero-order valence-corrected chi connectivity index (χ0v) is 12.8. The van der Waals surface area contributed by atoms with Crippen molar-refractivity contribution in [3.63, 3.8) is 0 Å². The highest BCUT2D eigenvalue weighted by Gasteiger charge is 2.10. The first kappa shape index (κ1) is 14.8. The quantitative estimate of drug-likeness (QED) is 0.905. The van der Waals surface area contributed by atoms with Crippen LogP contribution in [0.2, 0.25) is 0 Å². The summed E-state index contributed by atoms with van der Waals surface area (Å²) >= 11 is 0. The Hall–Kier alpha value is -2.14. The lowest BCUT2D eigenvalue weighted by atomic mass is 10.0. The number of piperidine rings is 1. The second kappa shape index (κ2) is 6.75. The van der Waals surface area contributed by atoms with Gasteiger partial charge in [0.1, 0.15) is 5.82 Å². The van der Waals surface area contributed by atoms with E-state index in [0.29, 0.717) is 5.82 Å². The molecule has 1 saturated heterocycles. The fourth-order valence-electron chi connectivity index (χ4n) is 2.95. The number of likely N-dealkylation sites (tertiary alicyclic amines) is 1. The molecule has 5 heteroatoms. The molecule has 1 aromatic carbocycles. The average molecular weight is 297 g/mol. The van der Waals surface area contributed by atoms with E-state index in [9.17, 15) is 0 Å². The van der Waals surface area contributed by atoms with E-state index in [2.05, 4.69) is 39.1 Å². The predicted octanol–water partition coefficient (Wildman–Crippen LogP) is 2.34. The highest BCUT2D eigenvalue weighted by atomic mass is 15.1. The van der Waals surface area contributed by atoms with Crippen molar-refractivity contribution in [2.45, 2.75) is 25.7 Å². The van der Waals surface area contributed by atoms with Crippen LogP contribution in [0.1, 0.15) is 24.8 Å². The van der Waals surface area contributed by atoms with Crippen LogP contribution in [0.4, 0.5) is 11.8 Å². The molecule has 116 valence electrons. The summed E-state index contributed by atoms with van der Waals surface area (Å²) < 4.78 is 0. The van der Waals surface area contributed by atoms with Gasteiger partial charge < -0.3 is 16.4 Å². The van der Waals surface area contributed by atoms with Crippen LogP contribution >= 0.6 is 0 Å². The number of hydrogen-bond donors (Lipinski definition) is 2. The molecule has 2 heterocycles. The molecule has 5 nitrogen and oxygen atoms in total. The molecule has 0 unspecified atom stereocenters. The van der Waals surface area contributed by atoms with E-state index >= 15 is 0 Å². The van der Waals surface area contributed by atoms with Gasteiger partial charge in [0.2, 0.25) is 5.95 Å². The van der Waals surface area contributed by atoms with Crippen LogP contribution in [-0.2, 0) is 6.42 Å². The molecule has 22 heavy (non-hydrogen) atoms. The highest BCUT2D eigenvalue weighted by Crippen LogP contribution is 2.24. The van der Waals surface area contributed by atoms with Gasteiger partial charge in [0.25, 0.3) is 0 Å². The summed E-state index contributed by atoms with van der Waals surface area (Å²) in [6.45, 7) is 3.64. The molecule has 0 spiro atoms. The van der Waals surface area contributed by atoms with Gasteiger partial charge in [0, 0.05) is 18.3 Å². The molecule has 0 saturated carbocycles. The van der Waals surface area contributed by atoms with Gasteiger partial charge in [0.05, 0.1) is 0 Å². The van der Waals surface area contributed by atoms with Crippen LogP contribution in [-0.4, -0.2) is 34.5 Å². The number of nitrogen functional groups attached to an aromatic ring is 2. The zero-order valence-electron chi connectivity index (χ0n) is 12.8. The predicted molar refractivity (Wildman–Crippen MR) is 90.3 cm³/mol. The maximum absolute atomic E-state index is 5.91. The largest absolute Gasteiger partial charge is 0.383 e. The Balaban J connectivity index is 1.64. The lowest BCUT2D eigenvalue weighted by Crippen LogP contribution is -2.31. The minimum Gasteiger partial charge on any atom is -0.383 e. The Morgan fingerprint density at radius 3 is 2.41 bits per heavy atom. The monoisotopic (exact) mass is 297 g/mol. The SMILES string of the molecule is Nc1ncc(-c2ccc(CCN3CCCCC3)cc2)c(N)n1. The minimum atomic E-state index is 0.208. The van der Waals surface area contributed by atoms with E-state index in [1.54, 1.807) is 6.20 Å². The Kier molecular flexibility index (Phi) is 4.53. The summed E-state index contributed by atoms with van der Waals surface area (Å²) in [5, 5.41) is 0. The number of nitrogens with zero attached hydrogens (tertiary/aromatic N) is 3. The van der Waals surface area contributed by atoms with Crippen molar-refractivity contribution < 1.29 is 0 Å². The molecule has 0 radical (unpaired) electrons. The molecule has 0 aliphatic carbocycles. The number of hydrogen-bond acceptors (Lipinski definition) is 5. The Morgan fingerprint density at radius 2 is 1.73 bits per heavy atom. The first-order valence-corrected chi connectivity index (χ1v) is 7.92. The van der Waals surface area contributed by atoms with Gasteiger partial charge in [-0.25, -0.2) is 4.98 Å². The van der Waals surface area contributed by atoms with Gasteiger partial charge in [-0.1, -0.05) is 30.7 Å². The molecule has 1 aliphatic rings. The lowest BCUT2D eigenvalue weighted by molar-refractivity contribution is 0.231. The van der Waals surface area contributed by atoms with Crippen LogP contribution in [0.3, 0.4) is 0 Å². The zero-order chi connectivity index (χ0) is 15.4. The molecule has 0 amide bonds. The van der Waals surface area contributed by atoms with E-state index in [1.165, 1.54) is 37.9 Å². The van der Waals surface area contributed by atoms with Crippen LogP contribution in [0, 0.1) is 0 Å². The molecular formula is C17H23N5. The maximum atomic E-state index is 5.91. The Labute approximate surface area is 131 Å². The molecule has 0 bridgehead atoms. The van der Waals surface area contributed by atoms with Crippen molar-refractivity contribution in [1.82, 2.24) is 14.9 Å². The van der Waals surface area contributed by atoms with Crippen LogP contribution in [0.15, 0.2) is 30.5 Å². The average Bonchev–Trinajstić information content (AvgIpc) is 2.55. The van der Waals surface area contributed by atoms with Crippen molar-refractivity contribution in [3.8, 4) is 11.1 Å². The van der Waals surface area contributed by atoms with E-state index in [-0.39, 0.29) is 5.95 Å². The number of nitrogens with two attached hydrogens (primary N) is 2. The first-order valence-electron chi connectivity index (χ1n) is 7.92. The van der Waals surface area contributed by atoms with Gasteiger partial charge >= 0.3 is 0 Å². The van der Waals surface area contributed by atoms with Gasteiger partial charge in [-0.3, -0.25) is 0 Å². The summed E-state index contributed by atoms with van der Waals surface area (Å²) in [4.78, 5) is 10.6. The highest BCUT2D eigenvalue weighted by molar-refractivity contribution is 5.73. The summed E-state index contributed by atoms with van der Waals surface area (Å²) in [7, 11) is 0. The van der Waals surface area contributed by atoms with E-state index in [4.69, 9.17) is 11.5 Å². The van der Waals surface area contributed by atoms with Crippen LogP contribution < -0.4 is 11.5 Å². The van der Waals surface area contributed by atoms with Gasteiger partial charge in [-0.05, 0) is 43.5 Å².